The van der Waals surface area contributed by atoms with Crippen LogP contribution in [-0.4, -0.2) is 27.7 Å². The molecule has 10 heteroatoms. The van der Waals surface area contributed by atoms with Gasteiger partial charge in [-0.05, 0) is 53.4 Å². The van der Waals surface area contributed by atoms with Crippen LogP contribution < -0.4 is 0 Å². The predicted octanol–water partition coefficient (Wildman–Crippen LogP) is 11.8. The van der Waals surface area contributed by atoms with E-state index in [1.807, 2.05) is 48.5 Å². The molecular weight excluding hydrogens is 639 g/mol. The molecule has 3 heterocycles. The summed E-state index contributed by atoms with van der Waals surface area (Å²) in [5, 5.41) is 3.76. The Labute approximate surface area is 266 Å². The number of hydrogen-bond acceptors (Lipinski definition) is 3. The number of aryl methyl sites for hydroxylation is 2. The fraction of sp³-hybridized carbons (Fsp3) is 0.139. The number of hydrogen-bond donors (Lipinski definition) is 1. The van der Waals surface area contributed by atoms with E-state index in [4.69, 9.17) is 4.98 Å². The summed E-state index contributed by atoms with van der Waals surface area (Å²) in [6.45, 7) is 2.96. The summed E-state index contributed by atoms with van der Waals surface area (Å²) < 4.78 is 93.3. The Morgan fingerprint density at radius 3 is 1.67 bits per heavy atom. The second-order valence-corrected chi connectivity index (χ2v) is 13.9. The number of nitrogens with zero attached hydrogens (tertiary/aromatic N) is 1. The average molecular weight is 661 g/mol. The lowest BCUT2D eigenvalue weighted by atomic mass is 9.95. The first kappa shape index (κ1) is 29.0. The summed E-state index contributed by atoms with van der Waals surface area (Å²) in [7, 11) is 0. The maximum absolute atomic E-state index is 15.8. The Bertz CT molecular complexity index is 2310. The minimum atomic E-state index is -5.64. The number of benzene rings is 4. The zero-order chi connectivity index (χ0) is 32.2. The molecule has 0 unspecified atom stereocenters. The first-order valence-electron chi connectivity index (χ1n) is 14.4. The highest BCUT2D eigenvalue weighted by atomic mass is 32.1. The Hall–Kier alpha value is -4.41. The predicted molar refractivity (Wildman–Crippen MR) is 175 cm³/mol. The van der Waals surface area contributed by atoms with Gasteiger partial charge in [0, 0.05) is 36.6 Å². The van der Waals surface area contributed by atoms with Crippen molar-refractivity contribution >= 4 is 66.4 Å². The molecule has 46 heavy (non-hydrogen) atoms. The van der Waals surface area contributed by atoms with Crippen molar-refractivity contribution in [2.75, 3.05) is 0 Å². The molecule has 0 bridgehead atoms. The number of alkyl halides is 6. The van der Waals surface area contributed by atoms with E-state index in [-0.39, 0.29) is 20.9 Å². The van der Waals surface area contributed by atoms with Crippen molar-refractivity contribution in [2.45, 2.75) is 31.6 Å². The van der Waals surface area contributed by atoms with E-state index in [1.165, 1.54) is 26.0 Å². The molecule has 1 N–H and O–H groups in total. The third-order valence-electron chi connectivity index (χ3n) is 8.71. The molecule has 0 fully saturated rings. The lowest BCUT2D eigenvalue weighted by molar-refractivity contribution is -0.254. The quantitative estimate of drug-likeness (QED) is 0.148. The second kappa shape index (κ2) is 9.80. The summed E-state index contributed by atoms with van der Waals surface area (Å²) in [6.07, 6.45) is 0. The third-order valence-corrected chi connectivity index (χ3v) is 10.9. The van der Waals surface area contributed by atoms with Gasteiger partial charge in [-0.2, -0.15) is 26.3 Å². The molecule has 0 amide bonds. The van der Waals surface area contributed by atoms with E-state index in [1.54, 1.807) is 30.3 Å². The van der Waals surface area contributed by atoms with Crippen LogP contribution in [0.1, 0.15) is 20.9 Å². The molecule has 8 rings (SSSR count). The van der Waals surface area contributed by atoms with Gasteiger partial charge >= 0.3 is 17.8 Å². The molecule has 4 aromatic carbocycles. The van der Waals surface area contributed by atoms with Crippen LogP contribution >= 0.6 is 22.7 Å². The highest BCUT2D eigenvalue weighted by molar-refractivity contribution is 7.16. The molecule has 0 atom stereocenters. The number of rotatable bonds is 4. The molecule has 0 saturated carbocycles. The van der Waals surface area contributed by atoms with E-state index in [0.29, 0.717) is 26.7 Å². The van der Waals surface area contributed by atoms with Gasteiger partial charge in [0.2, 0.25) is 0 Å². The second-order valence-electron chi connectivity index (χ2n) is 11.4. The number of allylic oxidation sites excluding steroid dienone is 2. The largest absolute Gasteiger partial charge is 0.380 e. The Morgan fingerprint density at radius 2 is 1.07 bits per heavy atom. The summed E-state index contributed by atoms with van der Waals surface area (Å²) in [5.74, 6) is -15.6. The SMILES string of the molecule is Cc1sc(-c2ccccc2)cc1C1=C(c2cc(-c3nc4c5ccccc5c5ccccc5c4[nH]3)sc2C)C(F)(F)C(F)(F)C1(F)F. The minimum Gasteiger partial charge on any atom is -0.337 e. The van der Waals surface area contributed by atoms with E-state index in [9.17, 15) is 0 Å². The standard InChI is InChI=1S/C36H22F6N2S2/c1-18-25(16-27(45-18)20-10-4-3-5-11-20)29-30(35(39,40)36(41,42)34(29,37)38)26-17-28(46-19(26)2)33-43-31-23-14-8-6-12-21(23)22-13-7-9-15-24(22)32(31)44-33/h3-17H,1-2H3,(H,43,44). The number of nitrogens with one attached hydrogen (secondary N) is 1. The third kappa shape index (κ3) is 3.86. The van der Waals surface area contributed by atoms with Gasteiger partial charge in [0.1, 0.15) is 5.82 Å². The van der Waals surface area contributed by atoms with Crippen LogP contribution in [0.2, 0.25) is 0 Å². The topological polar surface area (TPSA) is 28.7 Å². The normalized spacial score (nSPS) is 17.1. The molecule has 0 aliphatic heterocycles. The monoisotopic (exact) mass is 660 g/mol. The molecular formula is C36H22F6N2S2. The number of halogens is 6. The number of fused-ring (bicyclic) bond motifs is 6. The number of aromatic amines is 1. The van der Waals surface area contributed by atoms with Gasteiger partial charge in [0.25, 0.3) is 0 Å². The summed E-state index contributed by atoms with van der Waals surface area (Å²) in [6, 6.07) is 26.9. The van der Waals surface area contributed by atoms with Gasteiger partial charge in [-0.25, -0.2) is 4.98 Å². The number of aromatic nitrogens is 2. The molecule has 1 aliphatic rings. The Kier molecular flexibility index (Phi) is 6.18. The molecule has 230 valence electrons. The van der Waals surface area contributed by atoms with Crippen molar-refractivity contribution in [1.29, 1.82) is 0 Å². The smallest absolute Gasteiger partial charge is 0.337 e. The zero-order valence-corrected chi connectivity index (χ0v) is 25.8. The van der Waals surface area contributed by atoms with Crippen molar-refractivity contribution in [2.24, 2.45) is 0 Å². The fourth-order valence-corrected chi connectivity index (χ4v) is 8.50. The van der Waals surface area contributed by atoms with Crippen LogP contribution in [-0.2, 0) is 0 Å². The zero-order valence-electron chi connectivity index (χ0n) is 24.2. The maximum atomic E-state index is 15.8. The van der Waals surface area contributed by atoms with E-state index < -0.39 is 28.9 Å². The summed E-state index contributed by atoms with van der Waals surface area (Å²) in [5.41, 5.74) is -1.30. The highest BCUT2D eigenvalue weighted by Gasteiger charge is 2.80. The minimum absolute atomic E-state index is 0.196. The van der Waals surface area contributed by atoms with Crippen LogP contribution in [0.15, 0.2) is 91.0 Å². The van der Waals surface area contributed by atoms with Gasteiger partial charge in [-0.15, -0.1) is 22.7 Å². The van der Waals surface area contributed by atoms with Crippen molar-refractivity contribution in [3.05, 3.63) is 112 Å². The molecule has 7 aromatic rings. The Balaban J connectivity index is 1.36. The lowest BCUT2D eigenvalue weighted by Gasteiger charge is -2.25. The summed E-state index contributed by atoms with van der Waals surface area (Å²) >= 11 is 2.13. The van der Waals surface area contributed by atoms with Crippen LogP contribution in [0.4, 0.5) is 26.3 Å². The number of thiophene rings is 2. The molecule has 0 saturated heterocycles. The van der Waals surface area contributed by atoms with E-state index >= 15 is 26.3 Å². The van der Waals surface area contributed by atoms with Crippen molar-refractivity contribution in [1.82, 2.24) is 9.97 Å². The number of H-pyrrole nitrogens is 1. The number of imidazole rings is 1. The first-order chi connectivity index (χ1) is 21.9. The fourth-order valence-electron chi connectivity index (χ4n) is 6.49. The van der Waals surface area contributed by atoms with Crippen molar-refractivity contribution in [3.63, 3.8) is 0 Å². The van der Waals surface area contributed by atoms with Gasteiger partial charge in [-0.3, -0.25) is 0 Å². The van der Waals surface area contributed by atoms with Gasteiger partial charge in [0.05, 0.1) is 15.9 Å². The van der Waals surface area contributed by atoms with Gasteiger partial charge in [0.15, 0.2) is 0 Å². The van der Waals surface area contributed by atoms with Crippen LogP contribution in [0.3, 0.4) is 0 Å². The highest BCUT2D eigenvalue weighted by Crippen LogP contribution is 2.66. The first-order valence-corrected chi connectivity index (χ1v) is 16.0. The van der Waals surface area contributed by atoms with Crippen molar-refractivity contribution < 1.29 is 26.3 Å². The molecule has 2 nitrogen and oxygen atoms in total. The lowest BCUT2D eigenvalue weighted by Crippen LogP contribution is -2.48. The molecule has 3 aromatic heterocycles. The van der Waals surface area contributed by atoms with Crippen molar-refractivity contribution in [3.8, 4) is 21.1 Å². The average Bonchev–Trinajstić information content (AvgIpc) is 3.78. The van der Waals surface area contributed by atoms with Crippen LogP contribution in [0.5, 0.6) is 0 Å². The maximum Gasteiger partial charge on any atom is 0.380 e. The van der Waals surface area contributed by atoms with Crippen LogP contribution in [0, 0.1) is 13.8 Å². The Morgan fingerprint density at radius 1 is 0.587 bits per heavy atom. The van der Waals surface area contributed by atoms with Gasteiger partial charge in [-0.1, -0.05) is 78.9 Å². The van der Waals surface area contributed by atoms with Gasteiger partial charge < -0.3 is 4.98 Å². The molecule has 1 aliphatic carbocycles. The summed E-state index contributed by atoms with van der Waals surface area (Å²) in [4.78, 5) is 9.44. The van der Waals surface area contributed by atoms with E-state index in [0.717, 1.165) is 49.7 Å². The molecule has 0 spiro atoms. The van der Waals surface area contributed by atoms with Crippen LogP contribution in [0.25, 0.3) is 64.9 Å². The molecule has 0 radical (unpaired) electrons. The van der Waals surface area contributed by atoms with E-state index in [2.05, 4.69) is 4.98 Å².